The Hall–Kier alpha value is -1.27. The van der Waals surface area contributed by atoms with E-state index in [9.17, 15) is 0 Å². The number of nitriles is 1. The smallest absolute Gasteiger partial charge is 0.117 e. The lowest BCUT2D eigenvalue weighted by Gasteiger charge is -2.14. The van der Waals surface area contributed by atoms with E-state index in [1.807, 2.05) is 32.9 Å². The van der Waals surface area contributed by atoms with Crippen molar-refractivity contribution < 1.29 is 4.42 Å². The van der Waals surface area contributed by atoms with Crippen molar-refractivity contribution >= 4 is 0 Å². The zero-order chi connectivity index (χ0) is 12.0. The van der Waals surface area contributed by atoms with Crippen LogP contribution in [0.3, 0.4) is 0 Å². The van der Waals surface area contributed by atoms with E-state index in [-0.39, 0.29) is 5.41 Å². The molecule has 3 heteroatoms. The van der Waals surface area contributed by atoms with Gasteiger partial charge in [0.15, 0.2) is 0 Å². The third-order valence-electron chi connectivity index (χ3n) is 2.55. The van der Waals surface area contributed by atoms with Gasteiger partial charge in [0.25, 0.3) is 0 Å². The second-order valence-electron chi connectivity index (χ2n) is 4.79. The van der Waals surface area contributed by atoms with Crippen LogP contribution in [-0.2, 0) is 6.54 Å². The summed E-state index contributed by atoms with van der Waals surface area (Å²) in [6, 6.07) is 6.26. The van der Waals surface area contributed by atoms with Crippen LogP contribution in [0.5, 0.6) is 0 Å². The van der Waals surface area contributed by atoms with Crippen LogP contribution in [0.4, 0.5) is 0 Å². The van der Waals surface area contributed by atoms with E-state index in [2.05, 4.69) is 11.4 Å². The Morgan fingerprint density at radius 2 is 2.19 bits per heavy atom. The summed E-state index contributed by atoms with van der Waals surface area (Å²) in [5.41, 5.74) is -0.205. The Balaban J connectivity index is 2.11. The molecule has 1 aromatic rings. The molecular weight excluding hydrogens is 200 g/mol. The van der Waals surface area contributed by atoms with Gasteiger partial charge in [0.05, 0.1) is 18.0 Å². The predicted molar refractivity (Wildman–Crippen MR) is 63.8 cm³/mol. The monoisotopic (exact) mass is 220 g/mol. The molecule has 1 rings (SSSR count). The summed E-state index contributed by atoms with van der Waals surface area (Å²) in [6.45, 7) is 7.58. The highest BCUT2D eigenvalue weighted by Gasteiger charge is 2.15. The fraction of sp³-hybridized carbons (Fsp3) is 0.615. The molecule has 1 heterocycles. The molecule has 0 amide bonds. The van der Waals surface area contributed by atoms with Gasteiger partial charge in [0.2, 0.25) is 0 Å². The van der Waals surface area contributed by atoms with Gasteiger partial charge < -0.3 is 9.73 Å². The SMILES string of the molecule is Cc1ccc(CNCCCC(C)(C)C#N)o1. The van der Waals surface area contributed by atoms with E-state index >= 15 is 0 Å². The minimum atomic E-state index is -0.205. The number of furan rings is 1. The third-order valence-corrected chi connectivity index (χ3v) is 2.55. The molecule has 0 aliphatic rings. The van der Waals surface area contributed by atoms with Crippen molar-refractivity contribution in [3.63, 3.8) is 0 Å². The van der Waals surface area contributed by atoms with Gasteiger partial charge in [-0.25, -0.2) is 0 Å². The maximum atomic E-state index is 8.85. The Morgan fingerprint density at radius 3 is 2.75 bits per heavy atom. The molecule has 88 valence electrons. The number of aryl methyl sites for hydroxylation is 1. The summed E-state index contributed by atoms with van der Waals surface area (Å²) in [5, 5.41) is 12.2. The van der Waals surface area contributed by atoms with Crippen molar-refractivity contribution in [2.75, 3.05) is 6.54 Å². The van der Waals surface area contributed by atoms with Crippen molar-refractivity contribution in [1.29, 1.82) is 5.26 Å². The van der Waals surface area contributed by atoms with Crippen LogP contribution in [0.1, 0.15) is 38.2 Å². The lowest BCUT2D eigenvalue weighted by Crippen LogP contribution is -2.17. The molecule has 0 fully saturated rings. The Labute approximate surface area is 97.5 Å². The number of hydrogen-bond donors (Lipinski definition) is 1. The normalized spacial score (nSPS) is 11.4. The summed E-state index contributed by atoms with van der Waals surface area (Å²) in [6.07, 6.45) is 1.94. The topological polar surface area (TPSA) is 49.0 Å². The largest absolute Gasteiger partial charge is 0.465 e. The van der Waals surface area contributed by atoms with Gasteiger partial charge in [0.1, 0.15) is 11.5 Å². The van der Waals surface area contributed by atoms with Crippen LogP contribution >= 0.6 is 0 Å². The second kappa shape index (κ2) is 5.72. The molecule has 0 aliphatic heterocycles. The number of nitrogens with zero attached hydrogens (tertiary/aromatic N) is 1. The molecule has 3 nitrogen and oxygen atoms in total. The zero-order valence-corrected chi connectivity index (χ0v) is 10.3. The van der Waals surface area contributed by atoms with Gasteiger partial charge in [-0.15, -0.1) is 0 Å². The summed E-state index contributed by atoms with van der Waals surface area (Å²) in [7, 11) is 0. The van der Waals surface area contributed by atoms with Crippen LogP contribution in [0.2, 0.25) is 0 Å². The highest BCUT2D eigenvalue weighted by atomic mass is 16.3. The Kier molecular flexibility index (Phi) is 4.57. The van der Waals surface area contributed by atoms with Crippen molar-refractivity contribution in [1.82, 2.24) is 5.32 Å². The molecule has 16 heavy (non-hydrogen) atoms. The summed E-state index contributed by atoms with van der Waals surface area (Å²) >= 11 is 0. The minimum Gasteiger partial charge on any atom is -0.465 e. The van der Waals surface area contributed by atoms with Gasteiger partial charge in [-0.2, -0.15) is 5.26 Å². The van der Waals surface area contributed by atoms with Crippen molar-refractivity contribution in [2.24, 2.45) is 5.41 Å². The number of rotatable bonds is 6. The van der Waals surface area contributed by atoms with E-state index in [4.69, 9.17) is 9.68 Å². The lowest BCUT2D eigenvalue weighted by molar-refractivity contribution is 0.415. The van der Waals surface area contributed by atoms with Crippen LogP contribution in [0.25, 0.3) is 0 Å². The first-order valence-corrected chi connectivity index (χ1v) is 5.71. The average molecular weight is 220 g/mol. The highest BCUT2D eigenvalue weighted by Crippen LogP contribution is 2.19. The number of nitrogens with one attached hydrogen (secondary N) is 1. The standard InChI is InChI=1S/C13H20N2O/c1-11-5-6-12(16-11)9-15-8-4-7-13(2,3)10-14/h5-6,15H,4,7-9H2,1-3H3. The maximum absolute atomic E-state index is 8.85. The summed E-state index contributed by atoms with van der Waals surface area (Å²) in [4.78, 5) is 0. The molecular formula is C13H20N2O. The van der Waals surface area contributed by atoms with Crippen LogP contribution in [0.15, 0.2) is 16.5 Å². The molecule has 0 bridgehead atoms. The van der Waals surface area contributed by atoms with E-state index in [0.29, 0.717) is 0 Å². The predicted octanol–water partition coefficient (Wildman–Crippen LogP) is 3.01. The quantitative estimate of drug-likeness (QED) is 0.750. The molecule has 0 aliphatic carbocycles. The van der Waals surface area contributed by atoms with Gasteiger partial charge in [0, 0.05) is 0 Å². The Morgan fingerprint density at radius 1 is 1.44 bits per heavy atom. The average Bonchev–Trinajstić information content (AvgIpc) is 2.64. The lowest BCUT2D eigenvalue weighted by atomic mass is 9.90. The highest BCUT2D eigenvalue weighted by molar-refractivity contribution is 5.05. The second-order valence-corrected chi connectivity index (χ2v) is 4.79. The molecule has 1 N–H and O–H groups in total. The molecule has 0 saturated heterocycles. The van der Waals surface area contributed by atoms with E-state index in [1.165, 1.54) is 0 Å². The summed E-state index contributed by atoms with van der Waals surface area (Å²) in [5.74, 6) is 1.92. The summed E-state index contributed by atoms with van der Waals surface area (Å²) < 4.78 is 5.44. The van der Waals surface area contributed by atoms with E-state index < -0.39 is 0 Å². The molecule has 0 aromatic carbocycles. The van der Waals surface area contributed by atoms with E-state index in [0.717, 1.165) is 37.5 Å². The van der Waals surface area contributed by atoms with Crippen molar-refractivity contribution in [3.05, 3.63) is 23.7 Å². The number of hydrogen-bond acceptors (Lipinski definition) is 3. The van der Waals surface area contributed by atoms with Crippen LogP contribution < -0.4 is 5.32 Å². The molecule has 0 radical (unpaired) electrons. The molecule has 0 saturated carbocycles. The fourth-order valence-corrected chi connectivity index (χ4v) is 1.50. The minimum absolute atomic E-state index is 0.205. The van der Waals surface area contributed by atoms with E-state index in [1.54, 1.807) is 0 Å². The Bertz CT molecular complexity index is 360. The van der Waals surface area contributed by atoms with Crippen LogP contribution in [-0.4, -0.2) is 6.54 Å². The first-order chi connectivity index (χ1) is 7.53. The molecule has 0 atom stereocenters. The zero-order valence-electron chi connectivity index (χ0n) is 10.3. The first kappa shape index (κ1) is 12.8. The van der Waals surface area contributed by atoms with Gasteiger partial charge >= 0.3 is 0 Å². The first-order valence-electron chi connectivity index (χ1n) is 5.71. The molecule has 0 unspecified atom stereocenters. The molecule has 1 aromatic heterocycles. The van der Waals surface area contributed by atoms with Crippen LogP contribution in [0, 0.1) is 23.7 Å². The van der Waals surface area contributed by atoms with Gasteiger partial charge in [-0.1, -0.05) is 0 Å². The molecule has 0 spiro atoms. The van der Waals surface area contributed by atoms with Gasteiger partial charge in [-0.05, 0) is 52.3 Å². The fourth-order valence-electron chi connectivity index (χ4n) is 1.50. The van der Waals surface area contributed by atoms with Crippen molar-refractivity contribution in [3.8, 4) is 6.07 Å². The van der Waals surface area contributed by atoms with Crippen molar-refractivity contribution in [2.45, 2.75) is 40.2 Å². The third kappa shape index (κ3) is 4.50. The van der Waals surface area contributed by atoms with Gasteiger partial charge in [-0.3, -0.25) is 0 Å². The maximum Gasteiger partial charge on any atom is 0.117 e.